The molecule has 0 aliphatic rings. The lowest BCUT2D eigenvalue weighted by atomic mass is 10.2. The Morgan fingerprint density at radius 1 is 1.06 bits per heavy atom. The Balaban J connectivity index is 2.47. The van der Waals surface area contributed by atoms with E-state index in [4.69, 9.17) is 0 Å². The highest BCUT2D eigenvalue weighted by Gasteiger charge is 2.32. The molecular weight excluding hydrogens is 236 g/mol. The van der Waals surface area contributed by atoms with Crippen LogP contribution in [0, 0.1) is 5.82 Å². The predicted octanol–water partition coefficient (Wildman–Crippen LogP) is 3.30. The minimum Gasteiger partial charge on any atom is -0.261 e. The molecule has 0 aromatic carbocycles. The highest BCUT2D eigenvalue weighted by atomic mass is 19.4. The third kappa shape index (κ3) is 2.58. The molecule has 2 aromatic heterocycles. The van der Waals surface area contributed by atoms with Crippen molar-refractivity contribution in [3.8, 4) is 11.3 Å². The molecule has 0 atom stereocenters. The molecule has 17 heavy (non-hydrogen) atoms. The van der Waals surface area contributed by atoms with Gasteiger partial charge in [0.15, 0.2) is 0 Å². The Morgan fingerprint density at radius 2 is 1.82 bits per heavy atom. The summed E-state index contributed by atoms with van der Waals surface area (Å²) in [5, 5.41) is 0. The molecule has 0 radical (unpaired) electrons. The van der Waals surface area contributed by atoms with Crippen molar-refractivity contribution in [2.75, 3.05) is 0 Å². The lowest BCUT2D eigenvalue weighted by Gasteiger charge is -2.07. The van der Waals surface area contributed by atoms with E-state index in [-0.39, 0.29) is 11.3 Å². The summed E-state index contributed by atoms with van der Waals surface area (Å²) in [6, 6.07) is 4.52. The van der Waals surface area contributed by atoms with Crippen molar-refractivity contribution >= 4 is 0 Å². The molecule has 0 saturated carbocycles. The van der Waals surface area contributed by atoms with Gasteiger partial charge in [0, 0.05) is 11.8 Å². The standard InChI is InChI=1S/C11H6F4N2/c12-8-4-7(5-16-6-8)9-2-1-3-10(17-9)11(13,14)15/h1-6H. The van der Waals surface area contributed by atoms with Gasteiger partial charge in [0.25, 0.3) is 0 Å². The zero-order chi connectivity index (χ0) is 12.5. The van der Waals surface area contributed by atoms with E-state index in [0.29, 0.717) is 0 Å². The summed E-state index contributed by atoms with van der Waals surface area (Å²) in [5.74, 6) is -0.623. The molecule has 0 N–H and O–H groups in total. The molecule has 0 aliphatic heterocycles. The van der Waals surface area contributed by atoms with Crippen molar-refractivity contribution in [2.45, 2.75) is 6.18 Å². The topological polar surface area (TPSA) is 25.8 Å². The molecule has 0 amide bonds. The van der Waals surface area contributed by atoms with Crippen LogP contribution in [-0.4, -0.2) is 9.97 Å². The average molecular weight is 242 g/mol. The minimum atomic E-state index is -4.52. The van der Waals surface area contributed by atoms with Gasteiger partial charge in [-0.1, -0.05) is 6.07 Å². The number of pyridine rings is 2. The SMILES string of the molecule is Fc1cncc(-c2cccc(C(F)(F)F)n2)c1. The van der Waals surface area contributed by atoms with Gasteiger partial charge in [-0.2, -0.15) is 13.2 Å². The quantitative estimate of drug-likeness (QED) is 0.717. The number of hydrogen-bond donors (Lipinski definition) is 0. The number of aromatic nitrogens is 2. The monoisotopic (exact) mass is 242 g/mol. The van der Waals surface area contributed by atoms with Crippen LogP contribution in [0.15, 0.2) is 36.7 Å². The first-order valence-corrected chi connectivity index (χ1v) is 4.62. The second-order valence-electron chi connectivity index (χ2n) is 3.30. The maximum Gasteiger partial charge on any atom is 0.433 e. The summed E-state index contributed by atoms with van der Waals surface area (Å²) >= 11 is 0. The van der Waals surface area contributed by atoms with Crippen LogP contribution in [0.3, 0.4) is 0 Å². The first-order chi connectivity index (χ1) is 7.97. The molecule has 2 nitrogen and oxygen atoms in total. The van der Waals surface area contributed by atoms with Crippen molar-refractivity contribution in [3.05, 3.63) is 48.2 Å². The van der Waals surface area contributed by atoms with Gasteiger partial charge in [0.2, 0.25) is 0 Å². The fourth-order valence-electron chi connectivity index (χ4n) is 1.31. The average Bonchev–Trinajstić information content (AvgIpc) is 2.28. The van der Waals surface area contributed by atoms with Gasteiger partial charge in [-0.25, -0.2) is 9.37 Å². The minimum absolute atomic E-state index is 0.0341. The second-order valence-corrected chi connectivity index (χ2v) is 3.30. The predicted molar refractivity (Wildman–Crippen MR) is 52.4 cm³/mol. The number of rotatable bonds is 1. The summed E-state index contributed by atoms with van der Waals surface area (Å²) in [7, 11) is 0. The van der Waals surface area contributed by atoms with Crippen LogP contribution in [-0.2, 0) is 6.18 Å². The molecule has 0 bridgehead atoms. The lowest BCUT2D eigenvalue weighted by Crippen LogP contribution is -2.08. The van der Waals surface area contributed by atoms with Crippen LogP contribution in [0.5, 0.6) is 0 Å². The van der Waals surface area contributed by atoms with Crippen molar-refractivity contribution in [1.29, 1.82) is 0 Å². The normalized spacial score (nSPS) is 11.5. The third-order valence-electron chi connectivity index (χ3n) is 2.04. The first kappa shape index (κ1) is 11.5. The van der Waals surface area contributed by atoms with Gasteiger partial charge in [-0.05, 0) is 18.2 Å². The molecule has 2 rings (SSSR count). The molecule has 88 valence electrons. The molecule has 0 saturated heterocycles. The molecule has 0 fully saturated rings. The molecule has 2 heterocycles. The van der Waals surface area contributed by atoms with Gasteiger partial charge in [0.05, 0.1) is 11.9 Å². The van der Waals surface area contributed by atoms with Crippen LogP contribution in [0.2, 0.25) is 0 Å². The number of halogens is 4. The van der Waals surface area contributed by atoms with Gasteiger partial charge < -0.3 is 0 Å². The Morgan fingerprint density at radius 3 is 2.47 bits per heavy atom. The summed E-state index contributed by atoms with van der Waals surface area (Å²) in [6.07, 6.45) is -2.29. The zero-order valence-electron chi connectivity index (χ0n) is 8.37. The van der Waals surface area contributed by atoms with E-state index in [1.54, 1.807) is 0 Å². The van der Waals surface area contributed by atoms with Gasteiger partial charge in [0.1, 0.15) is 11.5 Å². The van der Waals surface area contributed by atoms with E-state index < -0.39 is 17.7 Å². The fraction of sp³-hybridized carbons (Fsp3) is 0.0909. The molecule has 2 aromatic rings. The lowest BCUT2D eigenvalue weighted by molar-refractivity contribution is -0.141. The molecular formula is C11H6F4N2. The van der Waals surface area contributed by atoms with Gasteiger partial charge >= 0.3 is 6.18 Å². The first-order valence-electron chi connectivity index (χ1n) is 4.62. The third-order valence-corrected chi connectivity index (χ3v) is 2.04. The van der Waals surface area contributed by atoms with Crippen molar-refractivity contribution in [3.63, 3.8) is 0 Å². The summed E-state index contributed by atoms with van der Waals surface area (Å²) in [5.41, 5.74) is -0.776. The van der Waals surface area contributed by atoms with Crippen molar-refractivity contribution in [2.24, 2.45) is 0 Å². The molecule has 0 spiro atoms. The van der Waals surface area contributed by atoms with Gasteiger partial charge in [-0.3, -0.25) is 4.98 Å². The van der Waals surface area contributed by atoms with E-state index in [2.05, 4.69) is 9.97 Å². The van der Waals surface area contributed by atoms with E-state index in [1.807, 2.05) is 0 Å². The summed E-state index contributed by atoms with van der Waals surface area (Å²) in [6.45, 7) is 0. The maximum atomic E-state index is 12.9. The maximum absolute atomic E-state index is 12.9. The Kier molecular flexibility index (Phi) is 2.79. The highest BCUT2D eigenvalue weighted by Crippen LogP contribution is 2.29. The van der Waals surface area contributed by atoms with Gasteiger partial charge in [-0.15, -0.1) is 0 Å². The van der Waals surface area contributed by atoms with Crippen molar-refractivity contribution < 1.29 is 17.6 Å². The van der Waals surface area contributed by atoms with E-state index in [9.17, 15) is 17.6 Å². The Bertz CT molecular complexity index is 537. The zero-order valence-corrected chi connectivity index (χ0v) is 8.37. The van der Waals surface area contributed by atoms with Crippen LogP contribution in [0.4, 0.5) is 17.6 Å². The number of alkyl halides is 3. The molecule has 0 unspecified atom stereocenters. The fourth-order valence-corrected chi connectivity index (χ4v) is 1.31. The largest absolute Gasteiger partial charge is 0.433 e. The Hall–Kier alpha value is -1.98. The number of nitrogens with zero attached hydrogens (tertiary/aromatic N) is 2. The molecule has 6 heteroatoms. The van der Waals surface area contributed by atoms with E-state index in [0.717, 1.165) is 18.3 Å². The van der Waals surface area contributed by atoms with E-state index >= 15 is 0 Å². The van der Waals surface area contributed by atoms with E-state index in [1.165, 1.54) is 18.3 Å². The van der Waals surface area contributed by atoms with Crippen LogP contribution < -0.4 is 0 Å². The summed E-state index contributed by atoms with van der Waals surface area (Å²) < 4.78 is 50.1. The number of hydrogen-bond acceptors (Lipinski definition) is 2. The second kappa shape index (κ2) is 4.12. The van der Waals surface area contributed by atoms with Crippen LogP contribution in [0.1, 0.15) is 5.69 Å². The molecule has 0 aliphatic carbocycles. The van der Waals surface area contributed by atoms with Crippen molar-refractivity contribution in [1.82, 2.24) is 9.97 Å². The van der Waals surface area contributed by atoms with Crippen LogP contribution >= 0.6 is 0 Å². The van der Waals surface area contributed by atoms with Crippen LogP contribution in [0.25, 0.3) is 11.3 Å². The smallest absolute Gasteiger partial charge is 0.261 e. The summed E-state index contributed by atoms with van der Waals surface area (Å²) in [4.78, 5) is 6.98. The highest BCUT2D eigenvalue weighted by molar-refractivity contribution is 5.57. The Labute approximate surface area is 94.0 Å².